The third-order valence-corrected chi connectivity index (χ3v) is 2.98. The summed E-state index contributed by atoms with van der Waals surface area (Å²) in [5.74, 6) is 0. The van der Waals surface area contributed by atoms with Gasteiger partial charge in [0.25, 0.3) is 0 Å². The normalized spacial score (nSPS) is 39.0. The number of hydrogen-bond acceptors (Lipinski definition) is 2. The van der Waals surface area contributed by atoms with E-state index in [1.54, 1.807) is 0 Å². The summed E-state index contributed by atoms with van der Waals surface area (Å²) >= 11 is 0. The van der Waals surface area contributed by atoms with E-state index in [-0.39, 0.29) is 0 Å². The van der Waals surface area contributed by atoms with Crippen LogP contribution in [0.15, 0.2) is 0 Å². The number of hydrogen-bond donors (Lipinski definition) is 2. The molecule has 1 atom stereocenters. The second kappa shape index (κ2) is 1.70. The van der Waals surface area contributed by atoms with Gasteiger partial charge in [0.2, 0.25) is 0 Å². The van der Waals surface area contributed by atoms with Gasteiger partial charge >= 0.3 is 0 Å². The van der Waals surface area contributed by atoms with E-state index in [9.17, 15) is 0 Å². The van der Waals surface area contributed by atoms with Gasteiger partial charge in [-0.05, 0) is 18.3 Å². The Morgan fingerprint density at radius 2 is 2.22 bits per heavy atom. The third kappa shape index (κ3) is 0.634. The molecule has 0 radical (unpaired) electrons. The Kier molecular flexibility index (Phi) is 1.08. The molecule has 9 heavy (non-hydrogen) atoms. The van der Waals surface area contributed by atoms with Crippen molar-refractivity contribution >= 4 is 0 Å². The molecule has 2 nitrogen and oxygen atoms in total. The summed E-state index contributed by atoms with van der Waals surface area (Å²) in [6.07, 6.45) is 4.12. The fraction of sp³-hybridized carbons (Fsp3) is 1.00. The van der Waals surface area contributed by atoms with Crippen LogP contribution in [0.2, 0.25) is 0 Å². The number of rotatable bonds is 0. The van der Waals surface area contributed by atoms with Gasteiger partial charge in [-0.1, -0.05) is 6.42 Å². The minimum atomic E-state index is 0.450. The molecule has 1 unspecified atom stereocenters. The molecule has 1 spiro atoms. The molecule has 1 saturated heterocycles. The molecule has 0 aromatic rings. The first-order valence-corrected chi connectivity index (χ1v) is 3.80. The third-order valence-electron chi connectivity index (χ3n) is 2.98. The van der Waals surface area contributed by atoms with Crippen LogP contribution in [0.3, 0.4) is 0 Å². The topological polar surface area (TPSA) is 38.0 Å². The quantitative estimate of drug-likeness (QED) is 0.482. The molecule has 0 aromatic heterocycles. The lowest BCUT2D eigenvalue weighted by molar-refractivity contribution is 0.139. The molecule has 3 N–H and O–H groups in total. The molecule has 1 saturated carbocycles. The maximum atomic E-state index is 5.91. The lowest BCUT2D eigenvalue weighted by Gasteiger charge is -2.41. The van der Waals surface area contributed by atoms with Gasteiger partial charge in [-0.15, -0.1) is 0 Å². The molecule has 2 fully saturated rings. The van der Waals surface area contributed by atoms with E-state index >= 15 is 0 Å². The van der Waals surface area contributed by atoms with Crippen LogP contribution in [-0.2, 0) is 0 Å². The highest BCUT2D eigenvalue weighted by Crippen LogP contribution is 2.44. The van der Waals surface area contributed by atoms with Crippen molar-refractivity contribution in [3.05, 3.63) is 0 Å². The molecule has 2 rings (SSSR count). The predicted molar refractivity (Wildman–Crippen MR) is 37.1 cm³/mol. The molecule has 52 valence electrons. The van der Waals surface area contributed by atoms with Crippen molar-refractivity contribution in [1.29, 1.82) is 0 Å². The van der Waals surface area contributed by atoms with Gasteiger partial charge in [-0.3, -0.25) is 0 Å². The number of nitrogens with one attached hydrogen (secondary N) is 1. The van der Waals surface area contributed by atoms with Crippen LogP contribution < -0.4 is 11.1 Å². The highest BCUT2D eigenvalue weighted by Gasteiger charge is 2.45. The van der Waals surface area contributed by atoms with E-state index < -0.39 is 0 Å². The number of nitrogens with two attached hydrogens (primary N) is 1. The molecule has 1 heterocycles. The predicted octanol–water partition coefficient (Wildman–Crippen LogP) is 0.0872. The Bertz CT molecular complexity index is 118. The standard InChI is InChI=1S/C7H14N2/c8-6-4-9-5-7(6)2-1-3-7/h6,9H,1-5,8H2. The second-order valence-corrected chi connectivity index (χ2v) is 3.45. The van der Waals surface area contributed by atoms with Crippen LogP contribution >= 0.6 is 0 Å². The summed E-state index contributed by atoms with van der Waals surface area (Å²) < 4.78 is 0. The molecule has 0 amide bonds. The van der Waals surface area contributed by atoms with Crippen molar-refractivity contribution in [2.75, 3.05) is 13.1 Å². The molecule has 0 aromatic carbocycles. The zero-order valence-electron chi connectivity index (χ0n) is 5.69. The first kappa shape index (κ1) is 5.69. The second-order valence-electron chi connectivity index (χ2n) is 3.45. The van der Waals surface area contributed by atoms with Gasteiger partial charge in [0.05, 0.1) is 0 Å². The SMILES string of the molecule is NC1CNCC12CCC2. The Morgan fingerprint density at radius 3 is 2.44 bits per heavy atom. The maximum absolute atomic E-state index is 5.91. The molecular weight excluding hydrogens is 112 g/mol. The Labute approximate surface area is 55.8 Å². The molecule has 1 aliphatic carbocycles. The van der Waals surface area contributed by atoms with Crippen molar-refractivity contribution in [3.8, 4) is 0 Å². The van der Waals surface area contributed by atoms with E-state index in [4.69, 9.17) is 5.73 Å². The zero-order valence-corrected chi connectivity index (χ0v) is 5.69. The Balaban J connectivity index is 2.09. The van der Waals surface area contributed by atoms with Gasteiger partial charge in [-0.25, -0.2) is 0 Å². The maximum Gasteiger partial charge on any atom is 0.0234 e. The van der Waals surface area contributed by atoms with Crippen LogP contribution in [0.1, 0.15) is 19.3 Å². The summed E-state index contributed by atoms with van der Waals surface area (Å²) in [4.78, 5) is 0. The first-order valence-electron chi connectivity index (χ1n) is 3.80. The average molecular weight is 126 g/mol. The van der Waals surface area contributed by atoms with E-state index in [1.165, 1.54) is 25.8 Å². The highest BCUT2D eigenvalue weighted by molar-refractivity contribution is 5.02. The summed E-state index contributed by atoms with van der Waals surface area (Å²) in [6.45, 7) is 2.22. The van der Waals surface area contributed by atoms with Crippen LogP contribution in [0.5, 0.6) is 0 Å². The lowest BCUT2D eigenvalue weighted by Crippen LogP contribution is -2.45. The molecule has 2 aliphatic rings. The van der Waals surface area contributed by atoms with E-state index in [0.717, 1.165) is 6.54 Å². The molecule has 0 bridgehead atoms. The highest BCUT2D eigenvalue weighted by atomic mass is 15.0. The van der Waals surface area contributed by atoms with Crippen LogP contribution in [0, 0.1) is 5.41 Å². The van der Waals surface area contributed by atoms with Crippen molar-refractivity contribution in [2.24, 2.45) is 11.1 Å². The van der Waals surface area contributed by atoms with Crippen molar-refractivity contribution in [2.45, 2.75) is 25.3 Å². The van der Waals surface area contributed by atoms with Gasteiger partial charge in [0, 0.05) is 19.1 Å². The summed E-state index contributed by atoms with van der Waals surface area (Å²) in [7, 11) is 0. The Morgan fingerprint density at radius 1 is 1.44 bits per heavy atom. The minimum Gasteiger partial charge on any atom is -0.326 e. The lowest BCUT2D eigenvalue weighted by atomic mass is 9.66. The molecular formula is C7H14N2. The minimum absolute atomic E-state index is 0.450. The zero-order chi connectivity index (χ0) is 6.32. The van der Waals surface area contributed by atoms with Gasteiger partial charge in [0.15, 0.2) is 0 Å². The summed E-state index contributed by atoms with van der Waals surface area (Å²) in [6, 6.07) is 0.450. The van der Waals surface area contributed by atoms with Crippen LogP contribution in [0.25, 0.3) is 0 Å². The van der Waals surface area contributed by atoms with E-state index in [2.05, 4.69) is 5.32 Å². The van der Waals surface area contributed by atoms with Crippen molar-refractivity contribution < 1.29 is 0 Å². The monoisotopic (exact) mass is 126 g/mol. The molecule has 1 aliphatic heterocycles. The Hall–Kier alpha value is -0.0800. The average Bonchev–Trinajstić information content (AvgIpc) is 2.07. The van der Waals surface area contributed by atoms with Crippen LogP contribution in [-0.4, -0.2) is 19.1 Å². The first-order chi connectivity index (χ1) is 4.33. The fourth-order valence-electron chi connectivity index (χ4n) is 2.00. The fourth-order valence-corrected chi connectivity index (χ4v) is 2.00. The van der Waals surface area contributed by atoms with Crippen LogP contribution in [0.4, 0.5) is 0 Å². The largest absolute Gasteiger partial charge is 0.326 e. The van der Waals surface area contributed by atoms with E-state index in [1.807, 2.05) is 0 Å². The van der Waals surface area contributed by atoms with Gasteiger partial charge < -0.3 is 11.1 Å². The summed E-state index contributed by atoms with van der Waals surface area (Å²) in [5, 5.41) is 3.34. The van der Waals surface area contributed by atoms with Gasteiger partial charge in [0.1, 0.15) is 0 Å². The van der Waals surface area contributed by atoms with Gasteiger partial charge in [-0.2, -0.15) is 0 Å². The summed E-state index contributed by atoms with van der Waals surface area (Å²) in [5.41, 5.74) is 6.45. The smallest absolute Gasteiger partial charge is 0.0234 e. The van der Waals surface area contributed by atoms with Crippen molar-refractivity contribution in [1.82, 2.24) is 5.32 Å². The van der Waals surface area contributed by atoms with E-state index in [0.29, 0.717) is 11.5 Å². The molecule has 2 heteroatoms. The van der Waals surface area contributed by atoms with Crippen molar-refractivity contribution in [3.63, 3.8) is 0 Å².